The molecule has 6 heteroatoms. The number of fused-ring (bicyclic) bond motifs is 3. The number of para-hydroxylation sites is 1. The Morgan fingerprint density at radius 1 is 1.25 bits per heavy atom. The average Bonchev–Trinajstić information content (AvgIpc) is 2.69. The lowest BCUT2D eigenvalue weighted by Gasteiger charge is -1.99. The van der Waals surface area contributed by atoms with E-state index in [1.807, 2.05) is 24.3 Å². The average molecular weight is 234 g/mol. The van der Waals surface area contributed by atoms with E-state index in [9.17, 15) is 0 Å². The minimum absolute atomic E-state index is 0.367. The lowest BCUT2D eigenvalue weighted by Crippen LogP contribution is -2.09. The van der Waals surface area contributed by atoms with Crippen molar-refractivity contribution in [3.05, 3.63) is 29.4 Å². The van der Waals surface area contributed by atoms with Crippen LogP contribution in [0.4, 0.5) is 5.82 Å². The van der Waals surface area contributed by atoms with Gasteiger partial charge in [-0.2, -0.15) is 0 Å². The van der Waals surface area contributed by atoms with Crippen LogP contribution in [0, 0.1) is 0 Å². The van der Waals surface area contributed by atoms with Crippen LogP contribution in [0.1, 0.15) is 0 Å². The molecule has 0 saturated carbocycles. The van der Waals surface area contributed by atoms with E-state index in [2.05, 4.69) is 20.6 Å². The van der Waals surface area contributed by atoms with Crippen molar-refractivity contribution in [3.63, 3.8) is 0 Å². The van der Waals surface area contributed by atoms with E-state index in [0.717, 1.165) is 21.8 Å². The summed E-state index contributed by atoms with van der Waals surface area (Å²) in [7, 11) is 0. The summed E-state index contributed by atoms with van der Waals surface area (Å²) in [4.78, 5) is 3.21. The summed E-state index contributed by atoms with van der Waals surface area (Å²) in [6, 6.07) is 7.83. The highest BCUT2D eigenvalue weighted by molar-refractivity contribution is 6.37. The van der Waals surface area contributed by atoms with Crippen molar-refractivity contribution in [2.75, 3.05) is 5.43 Å². The van der Waals surface area contributed by atoms with E-state index in [1.54, 1.807) is 0 Å². The van der Waals surface area contributed by atoms with Gasteiger partial charge in [0.25, 0.3) is 0 Å². The second kappa shape index (κ2) is 3.33. The van der Waals surface area contributed by atoms with Gasteiger partial charge in [-0.3, -0.25) is 0 Å². The number of nitrogens with zero attached hydrogens (tertiary/aromatic N) is 2. The van der Waals surface area contributed by atoms with Gasteiger partial charge in [0.2, 0.25) is 0 Å². The number of hydrogen-bond acceptors (Lipinski definition) is 4. The van der Waals surface area contributed by atoms with Crippen LogP contribution < -0.4 is 11.3 Å². The molecule has 5 nitrogen and oxygen atoms in total. The van der Waals surface area contributed by atoms with Gasteiger partial charge in [0.15, 0.2) is 11.0 Å². The lowest BCUT2D eigenvalue weighted by molar-refractivity contribution is 1.04. The number of nitrogen functional groups attached to an aromatic ring is 1. The van der Waals surface area contributed by atoms with Crippen LogP contribution in [0.25, 0.3) is 21.8 Å². The fraction of sp³-hybridized carbons (Fsp3) is 0. The van der Waals surface area contributed by atoms with Crippen molar-refractivity contribution < 1.29 is 0 Å². The van der Waals surface area contributed by atoms with Gasteiger partial charge < -0.3 is 10.4 Å². The first-order valence-electron chi connectivity index (χ1n) is 4.70. The molecule has 0 aliphatic heterocycles. The Labute approximate surface area is 95.6 Å². The number of halogens is 1. The summed E-state index contributed by atoms with van der Waals surface area (Å²) in [5.74, 6) is 5.85. The standard InChI is InChI=1S/C10H8ClN5/c11-9-7-5-3-1-2-4-6(5)13-8(7)10(14-12)16-15-9/h1-4,13H,12H2,(H,14,16). The van der Waals surface area contributed by atoms with Crippen molar-refractivity contribution in [2.24, 2.45) is 5.84 Å². The number of benzene rings is 1. The summed E-state index contributed by atoms with van der Waals surface area (Å²) in [5.41, 5.74) is 4.24. The van der Waals surface area contributed by atoms with E-state index in [0.29, 0.717) is 11.0 Å². The Balaban J connectivity index is 2.58. The molecule has 4 N–H and O–H groups in total. The molecule has 0 radical (unpaired) electrons. The largest absolute Gasteiger partial charge is 0.351 e. The number of aromatic nitrogens is 3. The molecule has 0 amide bonds. The Bertz CT molecular complexity index is 675. The molecule has 80 valence electrons. The van der Waals surface area contributed by atoms with Crippen LogP contribution in [-0.4, -0.2) is 15.2 Å². The van der Waals surface area contributed by atoms with Gasteiger partial charge in [-0.1, -0.05) is 29.8 Å². The Hall–Kier alpha value is -1.85. The molecular formula is C10H8ClN5. The molecule has 0 spiro atoms. The third kappa shape index (κ3) is 1.16. The molecule has 1 aromatic carbocycles. The molecule has 16 heavy (non-hydrogen) atoms. The maximum absolute atomic E-state index is 6.04. The quantitative estimate of drug-likeness (QED) is 0.444. The van der Waals surface area contributed by atoms with Crippen molar-refractivity contribution in [3.8, 4) is 0 Å². The molecule has 3 aromatic rings. The molecule has 0 fully saturated rings. The lowest BCUT2D eigenvalue weighted by atomic mass is 10.2. The van der Waals surface area contributed by atoms with Crippen molar-refractivity contribution in [1.82, 2.24) is 15.2 Å². The van der Waals surface area contributed by atoms with Gasteiger partial charge in [0.05, 0.1) is 10.9 Å². The molecule has 2 heterocycles. The van der Waals surface area contributed by atoms with E-state index >= 15 is 0 Å². The minimum Gasteiger partial charge on any atom is -0.351 e. The van der Waals surface area contributed by atoms with Crippen LogP contribution in [-0.2, 0) is 0 Å². The number of nitrogens with two attached hydrogens (primary N) is 1. The predicted octanol–water partition coefficient (Wildman–Crippen LogP) is 2.05. The maximum Gasteiger partial charge on any atom is 0.187 e. The first-order valence-corrected chi connectivity index (χ1v) is 5.08. The summed E-state index contributed by atoms with van der Waals surface area (Å²) in [5, 5.41) is 9.93. The van der Waals surface area contributed by atoms with E-state index in [4.69, 9.17) is 17.4 Å². The highest BCUT2D eigenvalue weighted by Crippen LogP contribution is 2.32. The highest BCUT2D eigenvalue weighted by Gasteiger charge is 2.12. The monoisotopic (exact) mass is 233 g/mol. The molecule has 0 bridgehead atoms. The number of hydrogen-bond donors (Lipinski definition) is 3. The number of H-pyrrole nitrogens is 1. The predicted molar refractivity (Wildman–Crippen MR) is 64.2 cm³/mol. The molecule has 0 aliphatic carbocycles. The summed E-state index contributed by atoms with van der Waals surface area (Å²) >= 11 is 6.04. The molecule has 2 aromatic heterocycles. The van der Waals surface area contributed by atoms with Crippen LogP contribution >= 0.6 is 11.6 Å². The smallest absolute Gasteiger partial charge is 0.187 e. The van der Waals surface area contributed by atoms with Gasteiger partial charge >= 0.3 is 0 Å². The first-order chi connectivity index (χ1) is 7.81. The van der Waals surface area contributed by atoms with Crippen LogP contribution in [0.3, 0.4) is 0 Å². The van der Waals surface area contributed by atoms with Gasteiger partial charge in [-0.05, 0) is 6.07 Å². The molecular weight excluding hydrogens is 226 g/mol. The molecule has 0 saturated heterocycles. The Morgan fingerprint density at radius 3 is 2.88 bits per heavy atom. The Morgan fingerprint density at radius 2 is 2.06 bits per heavy atom. The molecule has 0 aliphatic rings. The van der Waals surface area contributed by atoms with Crippen molar-refractivity contribution in [1.29, 1.82) is 0 Å². The topological polar surface area (TPSA) is 79.6 Å². The SMILES string of the molecule is NNc1nnc(Cl)c2c1[nH]c1ccccc12. The first kappa shape index (κ1) is 9.38. The fourth-order valence-electron chi connectivity index (χ4n) is 1.83. The second-order valence-corrected chi connectivity index (χ2v) is 3.76. The van der Waals surface area contributed by atoms with Crippen LogP contribution in [0.15, 0.2) is 24.3 Å². The molecule has 0 atom stereocenters. The number of anilines is 1. The second-order valence-electron chi connectivity index (χ2n) is 3.40. The van der Waals surface area contributed by atoms with Gasteiger partial charge in [0.1, 0.15) is 0 Å². The van der Waals surface area contributed by atoms with Gasteiger partial charge in [0, 0.05) is 10.9 Å². The summed E-state index contributed by atoms with van der Waals surface area (Å²) in [6.07, 6.45) is 0. The zero-order valence-electron chi connectivity index (χ0n) is 8.16. The van der Waals surface area contributed by atoms with E-state index in [-0.39, 0.29) is 0 Å². The third-order valence-electron chi connectivity index (χ3n) is 2.52. The van der Waals surface area contributed by atoms with Crippen LogP contribution in [0.5, 0.6) is 0 Å². The Kier molecular flexibility index (Phi) is 1.95. The molecule has 0 unspecified atom stereocenters. The number of aromatic amines is 1. The van der Waals surface area contributed by atoms with E-state index in [1.165, 1.54) is 0 Å². The maximum atomic E-state index is 6.04. The van der Waals surface area contributed by atoms with Gasteiger partial charge in [-0.15, -0.1) is 10.2 Å². The minimum atomic E-state index is 0.367. The summed E-state index contributed by atoms with van der Waals surface area (Å²) in [6.45, 7) is 0. The third-order valence-corrected chi connectivity index (χ3v) is 2.79. The summed E-state index contributed by atoms with van der Waals surface area (Å²) < 4.78 is 0. The van der Waals surface area contributed by atoms with Gasteiger partial charge in [-0.25, -0.2) is 5.84 Å². The number of hydrazine groups is 1. The fourth-order valence-corrected chi connectivity index (χ4v) is 2.06. The zero-order valence-corrected chi connectivity index (χ0v) is 8.92. The van der Waals surface area contributed by atoms with Crippen molar-refractivity contribution >= 4 is 39.2 Å². The van der Waals surface area contributed by atoms with E-state index < -0.39 is 0 Å². The van der Waals surface area contributed by atoms with Crippen LogP contribution in [0.2, 0.25) is 5.15 Å². The normalized spacial score (nSPS) is 11.1. The highest BCUT2D eigenvalue weighted by atomic mass is 35.5. The number of rotatable bonds is 1. The molecule has 3 rings (SSSR count). The number of nitrogens with one attached hydrogen (secondary N) is 2. The zero-order chi connectivity index (χ0) is 11.1. The van der Waals surface area contributed by atoms with Crippen molar-refractivity contribution in [2.45, 2.75) is 0 Å².